The third-order valence-corrected chi connectivity index (χ3v) is 5.07. The molecule has 3 rings (SSSR count). The summed E-state index contributed by atoms with van der Waals surface area (Å²) in [5.41, 5.74) is 0. The highest BCUT2D eigenvalue weighted by atomic mass is 16.5. The zero-order valence-electron chi connectivity index (χ0n) is 13.0. The van der Waals surface area contributed by atoms with Crippen LogP contribution in [-0.4, -0.2) is 61.1 Å². The third kappa shape index (κ3) is 4.07. The fourth-order valence-corrected chi connectivity index (χ4v) is 3.81. The Morgan fingerprint density at radius 3 is 2.76 bits per heavy atom. The highest BCUT2D eigenvalue weighted by molar-refractivity contribution is 5.77. The molecule has 2 atom stereocenters. The monoisotopic (exact) mass is 292 g/mol. The largest absolute Gasteiger partial charge is 0.379 e. The number of likely N-dealkylation sites (tertiary alicyclic amines) is 1. The number of rotatable bonds is 4. The van der Waals surface area contributed by atoms with Gasteiger partial charge in [0, 0.05) is 38.6 Å². The van der Waals surface area contributed by atoms with Gasteiger partial charge in [-0.2, -0.15) is 0 Å². The van der Waals surface area contributed by atoms with Crippen molar-refractivity contribution in [2.45, 2.75) is 44.6 Å². The summed E-state index contributed by atoms with van der Waals surface area (Å²) in [5.74, 6) is 0.868. The quantitative estimate of drug-likeness (QED) is 0.744. The molecule has 3 aliphatic rings. The highest BCUT2D eigenvalue weighted by Gasteiger charge is 2.29. The van der Waals surface area contributed by atoms with E-state index < -0.39 is 0 Å². The summed E-state index contributed by atoms with van der Waals surface area (Å²) < 4.78 is 5.42. The predicted octanol–water partition coefficient (Wildman–Crippen LogP) is 2.06. The number of allylic oxidation sites excluding steroid dienone is 2. The number of carbonyl (C=O) groups excluding carboxylic acids is 1. The van der Waals surface area contributed by atoms with Crippen LogP contribution in [0.3, 0.4) is 0 Å². The van der Waals surface area contributed by atoms with E-state index in [-0.39, 0.29) is 0 Å². The van der Waals surface area contributed by atoms with Crippen molar-refractivity contribution in [3.8, 4) is 0 Å². The summed E-state index contributed by atoms with van der Waals surface area (Å²) in [7, 11) is 0. The molecule has 21 heavy (non-hydrogen) atoms. The molecule has 0 aromatic heterocycles. The van der Waals surface area contributed by atoms with Crippen LogP contribution in [0, 0.1) is 5.92 Å². The molecular weight excluding hydrogens is 264 g/mol. The van der Waals surface area contributed by atoms with Crippen LogP contribution in [0.25, 0.3) is 0 Å². The Labute approximate surface area is 128 Å². The van der Waals surface area contributed by atoms with E-state index >= 15 is 0 Å². The van der Waals surface area contributed by atoms with Crippen molar-refractivity contribution >= 4 is 5.91 Å². The second kappa shape index (κ2) is 7.41. The Hall–Kier alpha value is -0.870. The van der Waals surface area contributed by atoms with Crippen LogP contribution in [0.2, 0.25) is 0 Å². The van der Waals surface area contributed by atoms with E-state index in [1.807, 2.05) is 0 Å². The molecule has 2 aliphatic heterocycles. The summed E-state index contributed by atoms with van der Waals surface area (Å²) in [6.45, 7) is 5.72. The zero-order valence-corrected chi connectivity index (χ0v) is 13.0. The molecule has 0 spiro atoms. The van der Waals surface area contributed by atoms with Gasteiger partial charge in [-0.25, -0.2) is 0 Å². The van der Waals surface area contributed by atoms with Gasteiger partial charge in [0.25, 0.3) is 0 Å². The zero-order chi connectivity index (χ0) is 14.5. The molecule has 4 heteroatoms. The Balaban J connectivity index is 1.54. The first kappa shape index (κ1) is 15.0. The Morgan fingerprint density at radius 2 is 2.00 bits per heavy atom. The number of amides is 1. The second-order valence-electron chi connectivity index (χ2n) is 6.62. The van der Waals surface area contributed by atoms with Crippen molar-refractivity contribution in [2.75, 3.05) is 39.4 Å². The SMILES string of the molecule is O=C(CC1C=CCC1)N1CCCCC1CN1CCOCC1. The van der Waals surface area contributed by atoms with Gasteiger partial charge in [0.2, 0.25) is 5.91 Å². The van der Waals surface area contributed by atoms with Crippen LogP contribution >= 0.6 is 0 Å². The van der Waals surface area contributed by atoms with Gasteiger partial charge in [0.05, 0.1) is 13.2 Å². The average Bonchev–Trinajstić information content (AvgIpc) is 3.02. The number of morpholine rings is 1. The number of hydrogen-bond donors (Lipinski definition) is 0. The molecule has 1 amide bonds. The summed E-state index contributed by atoms with van der Waals surface area (Å²) in [4.78, 5) is 17.3. The molecule has 4 nitrogen and oxygen atoms in total. The molecule has 2 saturated heterocycles. The van der Waals surface area contributed by atoms with Gasteiger partial charge in [-0.05, 0) is 38.0 Å². The molecule has 0 bridgehead atoms. The third-order valence-electron chi connectivity index (χ3n) is 5.07. The summed E-state index contributed by atoms with van der Waals surface area (Å²) in [5, 5.41) is 0. The van der Waals surface area contributed by atoms with E-state index in [9.17, 15) is 4.79 Å². The topological polar surface area (TPSA) is 32.8 Å². The molecule has 118 valence electrons. The number of ether oxygens (including phenoxy) is 1. The molecule has 0 N–H and O–H groups in total. The van der Waals surface area contributed by atoms with E-state index in [1.165, 1.54) is 19.3 Å². The predicted molar refractivity (Wildman–Crippen MR) is 83.1 cm³/mol. The van der Waals surface area contributed by atoms with Crippen LogP contribution in [-0.2, 0) is 9.53 Å². The molecule has 0 radical (unpaired) electrons. The van der Waals surface area contributed by atoms with E-state index in [0.717, 1.165) is 58.7 Å². The van der Waals surface area contributed by atoms with Crippen LogP contribution in [0.5, 0.6) is 0 Å². The lowest BCUT2D eigenvalue weighted by molar-refractivity contribution is -0.136. The lowest BCUT2D eigenvalue weighted by Crippen LogP contribution is -2.51. The van der Waals surface area contributed by atoms with Crippen LogP contribution in [0.4, 0.5) is 0 Å². The molecule has 1 aliphatic carbocycles. The first-order chi connectivity index (χ1) is 10.3. The molecule has 2 unspecified atom stereocenters. The first-order valence-electron chi connectivity index (χ1n) is 8.59. The van der Waals surface area contributed by atoms with Gasteiger partial charge >= 0.3 is 0 Å². The van der Waals surface area contributed by atoms with Gasteiger partial charge in [0.1, 0.15) is 0 Å². The van der Waals surface area contributed by atoms with Gasteiger partial charge in [-0.1, -0.05) is 12.2 Å². The summed E-state index contributed by atoms with van der Waals surface area (Å²) >= 11 is 0. The van der Waals surface area contributed by atoms with Crippen LogP contribution in [0.1, 0.15) is 38.5 Å². The van der Waals surface area contributed by atoms with Crippen molar-refractivity contribution in [3.63, 3.8) is 0 Å². The second-order valence-corrected chi connectivity index (χ2v) is 6.62. The summed E-state index contributed by atoms with van der Waals surface area (Å²) in [6, 6.07) is 0.426. The molecule has 2 heterocycles. The standard InChI is InChI=1S/C17H28N2O2/c20-17(13-15-5-1-2-6-15)19-8-4-3-7-16(19)14-18-9-11-21-12-10-18/h1,5,15-16H,2-4,6-14H2. The Bertz CT molecular complexity index is 377. The maximum absolute atomic E-state index is 12.7. The van der Waals surface area contributed by atoms with E-state index in [1.54, 1.807) is 0 Å². The van der Waals surface area contributed by atoms with E-state index in [4.69, 9.17) is 4.74 Å². The van der Waals surface area contributed by atoms with Gasteiger partial charge < -0.3 is 9.64 Å². The maximum atomic E-state index is 12.7. The lowest BCUT2D eigenvalue weighted by atomic mass is 9.98. The number of nitrogens with zero attached hydrogens (tertiary/aromatic N) is 2. The summed E-state index contributed by atoms with van der Waals surface area (Å²) in [6.07, 6.45) is 11.1. The van der Waals surface area contributed by atoms with Crippen molar-refractivity contribution in [2.24, 2.45) is 5.92 Å². The van der Waals surface area contributed by atoms with E-state index in [0.29, 0.717) is 17.9 Å². The molecule has 0 aromatic rings. The number of piperidine rings is 1. The fraction of sp³-hybridized carbons (Fsp3) is 0.824. The van der Waals surface area contributed by atoms with Crippen LogP contribution < -0.4 is 0 Å². The average molecular weight is 292 g/mol. The minimum Gasteiger partial charge on any atom is -0.379 e. The van der Waals surface area contributed by atoms with Crippen molar-refractivity contribution in [1.82, 2.24) is 9.80 Å². The molecular formula is C17H28N2O2. The minimum absolute atomic E-state index is 0.379. The smallest absolute Gasteiger partial charge is 0.223 e. The van der Waals surface area contributed by atoms with E-state index in [2.05, 4.69) is 22.0 Å². The van der Waals surface area contributed by atoms with Gasteiger partial charge in [-0.15, -0.1) is 0 Å². The number of hydrogen-bond acceptors (Lipinski definition) is 3. The van der Waals surface area contributed by atoms with Crippen molar-refractivity contribution in [1.29, 1.82) is 0 Å². The van der Waals surface area contributed by atoms with Gasteiger partial charge in [-0.3, -0.25) is 9.69 Å². The number of carbonyl (C=O) groups is 1. The maximum Gasteiger partial charge on any atom is 0.223 e. The first-order valence-corrected chi connectivity index (χ1v) is 8.59. The van der Waals surface area contributed by atoms with Crippen LogP contribution in [0.15, 0.2) is 12.2 Å². The Kier molecular flexibility index (Phi) is 5.31. The normalized spacial score (nSPS) is 30.8. The fourth-order valence-electron chi connectivity index (χ4n) is 3.81. The van der Waals surface area contributed by atoms with Crippen molar-refractivity contribution in [3.05, 3.63) is 12.2 Å². The minimum atomic E-state index is 0.379. The molecule has 0 aromatic carbocycles. The molecule has 2 fully saturated rings. The van der Waals surface area contributed by atoms with Crippen molar-refractivity contribution < 1.29 is 9.53 Å². The lowest BCUT2D eigenvalue weighted by Gasteiger charge is -2.40. The molecule has 0 saturated carbocycles. The Morgan fingerprint density at radius 1 is 1.14 bits per heavy atom. The highest BCUT2D eigenvalue weighted by Crippen LogP contribution is 2.25. The van der Waals surface area contributed by atoms with Gasteiger partial charge in [0.15, 0.2) is 0 Å².